The molecule has 2 amide bonds. The number of hydrogen-bond donors (Lipinski definition) is 3. The third-order valence-electron chi connectivity index (χ3n) is 3.32. The van der Waals surface area contributed by atoms with Gasteiger partial charge in [-0.3, -0.25) is 25.8 Å². The summed E-state index contributed by atoms with van der Waals surface area (Å²) in [6.07, 6.45) is 0. The van der Waals surface area contributed by atoms with Gasteiger partial charge in [0.15, 0.2) is 5.11 Å². The van der Waals surface area contributed by atoms with E-state index in [-0.39, 0.29) is 5.11 Å². The molecule has 0 aliphatic carbocycles. The number of carbonyl (C=O) groups is 2. The highest BCUT2D eigenvalue weighted by atomic mass is 35.5. The summed E-state index contributed by atoms with van der Waals surface area (Å²) < 4.78 is 5.57. The number of nitrogens with one attached hydrogen (secondary N) is 3. The van der Waals surface area contributed by atoms with E-state index in [2.05, 4.69) is 30.0 Å². The number of rotatable bonds is 5. The summed E-state index contributed by atoms with van der Waals surface area (Å²) in [7, 11) is 0. The molecule has 0 aliphatic heterocycles. The molecule has 0 heterocycles. The zero-order valence-electron chi connectivity index (χ0n) is 14.9. The van der Waals surface area contributed by atoms with Gasteiger partial charge in [-0.05, 0) is 66.7 Å². The van der Waals surface area contributed by atoms with E-state index in [4.69, 9.17) is 28.6 Å². The lowest BCUT2D eigenvalue weighted by atomic mass is 10.2. The molecule has 2 aromatic rings. The summed E-state index contributed by atoms with van der Waals surface area (Å²) >= 11 is 10.8. The Morgan fingerprint density at radius 1 is 0.963 bits per heavy atom. The molecule has 2 rings (SSSR count). The molecule has 0 aliphatic rings. The lowest BCUT2D eigenvalue weighted by Gasteiger charge is -2.12. The van der Waals surface area contributed by atoms with Crippen LogP contribution < -0.4 is 20.9 Å². The number of amides is 2. The molecule has 0 saturated heterocycles. The van der Waals surface area contributed by atoms with Crippen LogP contribution in [0.1, 0.15) is 34.6 Å². The fourth-order valence-corrected chi connectivity index (χ4v) is 2.23. The van der Waals surface area contributed by atoms with Crippen LogP contribution in [0.4, 0.5) is 0 Å². The van der Waals surface area contributed by atoms with Crippen molar-refractivity contribution in [1.82, 2.24) is 16.2 Å². The Labute approximate surface area is 168 Å². The fourth-order valence-electron chi connectivity index (χ4n) is 1.96. The zero-order valence-corrected chi connectivity index (χ0v) is 16.5. The summed E-state index contributed by atoms with van der Waals surface area (Å²) in [5.74, 6) is 0.300. The van der Waals surface area contributed by atoms with Gasteiger partial charge in [0, 0.05) is 16.1 Å². The van der Waals surface area contributed by atoms with Gasteiger partial charge in [-0.25, -0.2) is 0 Å². The van der Waals surface area contributed by atoms with Crippen molar-refractivity contribution < 1.29 is 14.3 Å². The number of benzene rings is 2. The minimum atomic E-state index is -0.407. The summed E-state index contributed by atoms with van der Waals surface area (Å²) in [6, 6.07) is 13.1. The Morgan fingerprint density at radius 3 is 2.11 bits per heavy atom. The normalized spacial score (nSPS) is 10.2. The number of hydrogen-bond acceptors (Lipinski definition) is 4. The van der Waals surface area contributed by atoms with Gasteiger partial charge in [0.25, 0.3) is 11.8 Å². The molecule has 0 unspecified atom stereocenters. The van der Waals surface area contributed by atoms with E-state index >= 15 is 0 Å². The number of hydrazine groups is 1. The molecule has 0 fully saturated rings. The van der Waals surface area contributed by atoms with Crippen LogP contribution in [0.25, 0.3) is 0 Å². The molecule has 27 heavy (non-hydrogen) atoms. The highest BCUT2D eigenvalue weighted by Gasteiger charge is 2.10. The first kappa shape index (κ1) is 20.7. The molecule has 0 saturated carbocycles. The average molecular weight is 406 g/mol. The van der Waals surface area contributed by atoms with Crippen molar-refractivity contribution in [3.8, 4) is 5.75 Å². The van der Waals surface area contributed by atoms with Crippen LogP contribution in [0.15, 0.2) is 48.5 Å². The topological polar surface area (TPSA) is 79.5 Å². The fraction of sp³-hybridized carbons (Fsp3) is 0.211. The maximum absolute atomic E-state index is 12.2. The SMILES string of the molecule is CC(C)COc1ccc(C(=O)NC(=S)NNC(=O)c2ccc(Cl)cc2)cc1. The largest absolute Gasteiger partial charge is 0.493 e. The van der Waals surface area contributed by atoms with Crippen molar-refractivity contribution in [2.24, 2.45) is 5.92 Å². The number of thiocarbonyl (C=S) groups is 1. The second kappa shape index (κ2) is 9.89. The van der Waals surface area contributed by atoms with Crippen molar-refractivity contribution in [3.05, 3.63) is 64.7 Å². The van der Waals surface area contributed by atoms with E-state index < -0.39 is 11.8 Å². The molecule has 0 aromatic heterocycles. The minimum Gasteiger partial charge on any atom is -0.493 e. The average Bonchev–Trinajstić information content (AvgIpc) is 2.65. The standard InChI is InChI=1S/C19H20ClN3O3S/c1-12(2)11-26-16-9-5-13(6-10-16)17(24)21-19(27)23-22-18(25)14-3-7-15(20)8-4-14/h3-10,12H,11H2,1-2H3,(H,22,25)(H2,21,23,24,27). The van der Waals surface area contributed by atoms with Crippen molar-refractivity contribution in [1.29, 1.82) is 0 Å². The smallest absolute Gasteiger partial charge is 0.269 e. The van der Waals surface area contributed by atoms with Crippen LogP contribution in [0.3, 0.4) is 0 Å². The molecule has 0 bridgehead atoms. The van der Waals surface area contributed by atoms with E-state index in [0.717, 1.165) is 0 Å². The van der Waals surface area contributed by atoms with Crippen molar-refractivity contribution in [2.75, 3.05) is 6.61 Å². The van der Waals surface area contributed by atoms with Gasteiger partial charge >= 0.3 is 0 Å². The second-order valence-corrected chi connectivity index (χ2v) is 6.94. The van der Waals surface area contributed by atoms with Gasteiger partial charge in [0.05, 0.1) is 6.61 Å². The molecule has 0 atom stereocenters. The van der Waals surface area contributed by atoms with Crippen LogP contribution >= 0.6 is 23.8 Å². The maximum atomic E-state index is 12.2. The van der Waals surface area contributed by atoms with E-state index in [9.17, 15) is 9.59 Å². The molecule has 142 valence electrons. The first-order valence-corrected chi connectivity index (χ1v) is 9.04. The Balaban J connectivity index is 1.81. The highest BCUT2D eigenvalue weighted by molar-refractivity contribution is 7.80. The second-order valence-electron chi connectivity index (χ2n) is 6.10. The molecule has 6 nitrogen and oxygen atoms in total. The molecule has 8 heteroatoms. The highest BCUT2D eigenvalue weighted by Crippen LogP contribution is 2.13. The summed E-state index contributed by atoms with van der Waals surface area (Å²) in [6.45, 7) is 4.72. The monoisotopic (exact) mass is 405 g/mol. The van der Waals surface area contributed by atoms with E-state index in [1.807, 2.05) is 0 Å². The molecular weight excluding hydrogens is 386 g/mol. The predicted molar refractivity (Wildman–Crippen MR) is 109 cm³/mol. The van der Waals surface area contributed by atoms with Gasteiger partial charge in [0.1, 0.15) is 5.75 Å². The van der Waals surface area contributed by atoms with Crippen LogP contribution in [0.5, 0.6) is 5.75 Å². The molecule has 0 spiro atoms. The van der Waals surface area contributed by atoms with Crippen LogP contribution in [0, 0.1) is 5.92 Å². The third-order valence-corrected chi connectivity index (χ3v) is 3.78. The van der Waals surface area contributed by atoms with Gasteiger partial charge in [0.2, 0.25) is 0 Å². The quantitative estimate of drug-likeness (QED) is 0.525. The maximum Gasteiger partial charge on any atom is 0.269 e. The first-order valence-electron chi connectivity index (χ1n) is 8.25. The van der Waals surface area contributed by atoms with Gasteiger partial charge in [-0.2, -0.15) is 0 Å². The van der Waals surface area contributed by atoms with E-state index in [1.54, 1.807) is 48.5 Å². The number of halogens is 1. The zero-order chi connectivity index (χ0) is 19.8. The summed E-state index contributed by atoms with van der Waals surface area (Å²) in [4.78, 5) is 24.1. The van der Waals surface area contributed by atoms with Crippen LogP contribution in [-0.4, -0.2) is 23.5 Å². The molecule has 0 radical (unpaired) electrons. The molecular formula is C19H20ClN3O3S. The lowest BCUT2D eigenvalue weighted by molar-refractivity contribution is 0.0934. The van der Waals surface area contributed by atoms with Crippen LogP contribution in [-0.2, 0) is 0 Å². The van der Waals surface area contributed by atoms with Crippen molar-refractivity contribution >= 4 is 40.7 Å². The third kappa shape index (κ3) is 6.88. The number of carbonyl (C=O) groups excluding carboxylic acids is 2. The molecule has 3 N–H and O–H groups in total. The molecule has 2 aromatic carbocycles. The van der Waals surface area contributed by atoms with Gasteiger partial charge in [-0.1, -0.05) is 25.4 Å². The number of ether oxygens (including phenoxy) is 1. The summed E-state index contributed by atoms with van der Waals surface area (Å²) in [5, 5.41) is 2.99. The Kier molecular flexibility index (Phi) is 7.57. The van der Waals surface area contributed by atoms with Gasteiger partial charge in [-0.15, -0.1) is 0 Å². The first-order chi connectivity index (χ1) is 12.8. The Morgan fingerprint density at radius 2 is 1.52 bits per heavy atom. The van der Waals surface area contributed by atoms with Gasteiger partial charge < -0.3 is 4.74 Å². The van der Waals surface area contributed by atoms with Crippen LogP contribution in [0.2, 0.25) is 5.02 Å². The Hall–Kier alpha value is -2.64. The van der Waals surface area contributed by atoms with E-state index in [1.165, 1.54) is 0 Å². The lowest BCUT2D eigenvalue weighted by Crippen LogP contribution is -2.48. The summed E-state index contributed by atoms with van der Waals surface area (Å²) in [5.41, 5.74) is 5.70. The Bertz CT molecular complexity index is 808. The van der Waals surface area contributed by atoms with E-state index in [0.29, 0.717) is 34.4 Å². The van der Waals surface area contributed by atoms with Crippen molar-refractivity contribution in [2.45, 2.75) is 13.8 Å². The predicted octanol–water partition coefficient (Wildman–Crippen LogP) is 3.32. The minimum absolute atomic E-state index is 0.0255. The van der Waals surface area contributed by atoms with Crippen molar-refractivity contribution in [3.63, 3.8) is 0 Å².